The Bertz CT molecular complexity index is 269. The zero-order chi connectivity index (χ0) is 12.0. The summed E-state index contributed by atoms with van der Waals surface area (Å²) in [6.07, 6.45) is 0.401. The third-order valence-corrected chi connectivity index (χ3v) is 1.20. The molecule has 0 aromatic heterocycles. The van der Waals surface area contributed by atoms with Crippen molar-refractivity contribution in [3.8, 4) is 0 Å². The number of hydrogen-bond acceptors (Lipinski definition) is 5. The third-order valence-electron chi connectivity index (χ3n) is 1.20. The molecule has 0 saturated carbocycles. The van der Waals surface area contributed by atoms with Gasteiger partial charge in [-0.25, -0.2) is 9.59 Å². The van der Waals surface area contributed by atoms with Crippen LogP contribution in [-0.2, 0) is 19.1 Å². The van der Waals surface area contributed by atoms with Crippen LogP contribution < -0.4 is 5.73 Å². The summed E-state index contributed by atoms with van der Waals surface area (Å²) in [5, 5.41) is 0. The summed E-state index contributed by atoms with van der Waals surface area (Å²) < 4.78 is 9.55. The van der Waals surface area contributed by atoms with Gasteiger partial charge in [-0.15, -0.1) is 0 Å². The van der Waals surface area contributed by atoms with Crippen LogP contribution in [0, 0.1) is 0 Å². The summed E-state index contributed by atoms with van der Waals surface area (Å²) in [5.41, 5.74) is 5.07. The molecule has 0 atom stereocenters. The third kappa shape index (κ3) is 6.54. The Morgan fingerprint density at radius 3 is 1.93 bits per heavy atom. The number of carbonyl (C=O) groups excluding carboxylic acids is 2. The predicted octanol–water partition coefficient (Wildman–Crippen LogP) is 0.732. The molecule has 0 rings (SSSR count). The molecule has 86 valence electrons. The van der Waals surface area contributed by atoms with Gasteiger partial charge in [0.25, 0.3) is 0 Å². The maximum atomic E-state index is 11.2. The molecule has 0 spiro atoms. The fourth-order valence-electron chi connectivity index (χ4n) is 0.734. The molecule has 0 aliphatic rings. The minimum Gasteiger partial charge on any atom is -0.460 e. The van der Waals surface area contributed by atoms with Crippen molar-refractivity contribution in [3.63, 3.8) is 0 Å². The fourth-order valence-corrected chi connectivity index (χ4v) is 0.734. The smallest absolute Gasteiger partial charge is 0.354 e. The molecule has 0 aromatic carbocycles. The van der Waals surface area contributed by atoms with Crippen LogP contribution in [0.5, 0.6) is 0 Å². The van der Waals surface area contributed by atoms with Gasteiger partial charge in [0.05, 0.1) is 18.3 Å². The van der Waals surface area contributed by atoms with E-state index in [1.807, 2.05) is 0 Å². The van der Waals surface area contributed by atoms with Crippen LogP contribution in [0.3, 0.4) is 0 Å². The maximum Gasteiger partial charge on any atom is 0.354 e. The minimum atomic E-state index is -0.717. The zero-order valence-electron chi connectivity index (χ0n) is 9.44. The Labute approximate surface area is 89.2 Å². The first-order valence-electron chi connectivity index (χ1n) is 4.71. The van der Waals surface area contributed by atoms with Gasteiger partial charge in [-0.2, -0.15) is 0 Å². The van der Waals surface area contributed by atoms with Gasteiger partial charge >= 0.3 is 11.9 Å². The highest BCUT2D eigenvalue weighted by Crippen LogP contribution is 1.97. The summed E-state index contributed by atoms with van der Waals surface area (Å²) in [7, 11) is 0. The highest BCUT2D eigenvalue weighted by atomic mass is 16.5. The van der Waals surface area contributed by atoms with Gasteiger partial charge in [0.1, 0.15) is 5.70 Å². The molecular formula is C10H17NO4. The maximum absolute atomic E-state index is 11.2. The molecule has 2 N–H and O–H groups in total. The van der Waals surface area contributed by atoms with E-state index in [0.717, 1.165) is 6.08 Å². The van der Waals surface area contributed by atoms with E-state index in [4.69, 9.17) is 15.2 Å². The molecular weight excluding hydrogens is 198 g/mol. The second kappa shape index (κ2) is 6.06. The van der Waals surface area contributed by atoms with Gasteiger partial charge in [0.2, 0.25) is 0 Å². The van der Waals surface area contributed by atoms with Crippen molar-refractivity contribution < 1.29 is 19.1 Å². The monoisotopic (exact) mass is 215 g/mol. The van der Waals surface area contributed by atoms with Crippen molar-refractivity contribution in [2.24, 2.45) is 5.73 Å². The van der Waals surface area contributed by atoms with E-state index < -0.39 is 11.9 Å². The van der Waals surface area contributed by atoms with Gasteiger partial charge in [-0.05, 0) is 27.7 Å². The lowest BCUT2D eigenvalue weighted by atomic mass is 10.4. The zero-order valence-corrected chi connectivity index (χ0v) is 9.44. The molecule has 0 fully saturated rings. The number of rotatable bonds is 4. The highest BCUT2D eigenvalue weighted by molar-refractivity contribution is 5.95. The summed E-state index contributed by atoms with van der Waals surface area (Å²) >= 11 is 0. The van der Waals surface area contributed by atoms with E-state index in [1.165, 1.54) is 0 Å². The second-order valence-electron chi connectivity index (χ2n) is 3.54. The normalized spacial score (nSPS) is 11.7. The SMILES string of the molecule is CC(C)OC(=O)/C=C(\N)C(=O)OC(C)C. The Balaban J connectivity index is 4.29. The highest BCUT2D eigenvalue weighted by Gasteiger charge is 2.11. The van der Waals surface area contributed by atoms with Gasteiger partial charge in [0.15, 0.2) is 0 Å². The van der Waals surface area contributed by atoms with Crippen LogP contribution >= 0.6 is 0 Å². The Morgan fingerprint density at radius 1 is 1.07 bits per heavy atom. The van der Waals surface area contributed by atoms with E-state index in [2.05, 4.69) is 0 Å². The number of nitrogens with two attached hydrogens (primary N) is 1. The first kappa shape index (κ1) is 13.5. The average Bonchev–Trinajstić information content (AvgIpc) is 2.00. The van der Waals surface area contributed by atoms with Crippen LogP contribution in [0.4, 0.5) is 0 Å². The van der Waals surface area contributed by atoms with Crippen molar-refractivity contribution >= 4 is 11.9 Å². The van der Waals surface area contributed by atoms with Crippen LogP contribution in [0.15, 0.2) is 11.8 Å². The molecule has 0 aliphatic heterocycles. The quantitative estimate of drug-likeness (QED) is 0.552. The van der Waals surface area contributed by atoms with Crippen LogP contribution in [0.25, 0.3) is 0 Å². The Morgan fingerprint density at radius 2 is 1.53 bits per heavy atom. The van der Waals surface area contributed by atoms with Crippen molar-refractivity contribution in [3.05, 3.63) is 11.8 Å². The number of ether oxygens (including phenoxy) is 2. The summed E-state index contributed by atoms with van der Waals surface area (Å²) in [5.74, 6) is -1.37. The molecule has 5 nitrogen and oxygen atoms in total. The minimum absolute atomic E-state index is 0.248. The van der Waals surface area contributed by atoms with Crippen molar-refractivity contribution in [2.75, 3.05) is 0 Å². The standard InChI is InChI=1S/C10H17NO4/c1-6(2)14-9(12)5-8(11)10(13)15-7(3)4/h5-7H,11H2,1-4H3/b8-5-. The molecule has 5 heteroatoms. The van der Waals surface area contributed by atoms with E-state index in [-0.39, 0.29) is 17.9 Å². The number of carbonyl (C=O) groups is 2. The molecule has 15 heavy (non-hydrogen) atoms. The Kier molecular flexibility index (Phi) is 5.44. The topological polar surface area (TPSA) is 78.6 Å². The Hall–Kier alpha value is -1.52. The van der Waals surface area contributed by atoms with Crippen molar-refractivity contribution in [2.45, 2.75) is 39.9 Å². The van der Waals surface area contributed by atoms with Gasteiger partial charge in [0, 0.05) is 0 Å². The molecule has 0 heterocycles. The second-order valence-corrected chi connectivity index (χ2v) is 3.54. The van der Waals surface area contributed by atoms with Gasteiger partial charge < -0.3 is 15.2 Å². The van der Waals surface area contributed by atoms with Crippen LogP contribution in [-0.4, -0.2) is 24.1 Å². The molecule has 0 radical (unpaired) electrons. The van der Waals surface area contributed by atoms with Gasteiger partial charge in [-0.1, -0.05) is 0 Å². The largest absolute Gasteiger partial charge is 0.460 e. The van der Waals surface area contributed by atoms with Crippen LogP contribution in [0.2, 0.25) is 0 Å². The van der Waals surface area contributed by atoms with Gasteiger partial charge in [-0.3, -0.25) is 0 Å². The van der Waals surface area contributed by atoms with E-state index in [0.29, 0.717) is 0 Å². The molecule has 0 aliphatic carbocycles. The predicted molar refractivity (Wildman–Crippen MR) is 54.7 cm³/mol. The summed E-state index contributed by atoms with van der Waals surface area (Å²) in [6.45, 7) is 6.79. The lowest BCUT2D eigenvalue weighted by Gasteiger charge is -2.08. The number of hydrogen-bond donors (Lipinski definition) is 1. The van der Waals surface area contributed by atoms with E-state index in [1.54, 1.807) is 27.7 Å². The lowest BCUT2D eigenvalue weighted by Crippen LogP contribution is -2.20. The first-order chi connectivity index (χ1) is 6.82. The first-order valence-corrected chi connectivity index (χ1v) is 4.71. The molecule has 0 unspecified atom stereocenters. The molecule has 0 bridgehead atoms. The van der Waals surface area contributed by atoms with Crippen molar-refractivity contribution in [1.29, 1.82) is 0 Å². The number of esters is 2. The van der Waals surface area contributed by atoms with E-state index in [9.17, 15) is 9.59 Å². The summed E-state index contributed by atoms with van der Waals surface area (Å²) in [4.78, 5) is 22.2. The molecule has 0 saturated heterocycles. The van der Waals surface area contributed by atoms with Crippen molar-refractivity contribution in [1.82, 2.24) is 0 Å². The lowest BCUT2D eigenvalue weighted by molar-refractivity contribution is -0.145. The average molecular weight is 215 g/mol. The van der Waals surface area contributed by atoms with E-state index >= 15 is 0 Å². The molecule has 0 aromatic rings. The molecule has 0 amide bonds. The van der Waals surface area contributed by atoms with Crippen LogP contribution in [0.1, 0.15) is 27.7 Å². The summed E-state index contributed by atoms with van der Waals surface area (Å²) in [6, 6.07) is 0. The fraction of sp³-hybridized carbons (Fsp3) is 0.600.